The van der Waals surface area contributed by atoms with E-state index in [0.717, 1.165) is 40.4 Å². The van der Waals surface area contributed by atoms with E-state index in [0.29, 0.717) is 5.70 Å². The van der Waals surface area contributed by atoms with E-state index in [2.05, 4.69) is 51.5 Å². The molecule has 1 atom stereocenters. The van der Waals surface area contributed by atoms with Gasteiger partial charge in [-0.05, 0) is 59.7 Å². The van der Waals surface area contributed by atoms with Gasteiger partial charge in [0.25, 0.3) is 5.91 Å². The Bertz CT molecular complexity index is 1140. The molecule has 0 unspecified atom stereocenters. The third kappa shape index (κ3) is 5.25. The van der Waals surface area contributed by atoms with Gasteiger partial charge < -0.3 is 10.2 Å². The minimum Gasteiger partial charge on any atom is -0.348 e. The van der Waals surface area contributed by atoms with Crippen LogP contribution in [0.4, 0.5) is 0 Å². The number of nitrogens with zero attached hydrogens (tertiary/aromatic N) is 3. The fraction of sp³-hybridized carbons (Fsp3) is 0.269. The first-order valence-corrected chi connectivity index (χ1v) is 11.9. The van der Waals surface area contributed by atoms with Gasteiger partial charge in [0.1, 0.15) is 18.6 Å². The van der Waals surface area contributed by atoms with E-state index >= 15 is 0 Å². The Kier molecular flexibility index (Phi) is 7.08. The lowest BCUT2D eigenvalue weighted by Gasteiger charge is -2.28. The van der Waals surface area contributed by atoms with Crippen LogP contribution in [0, 0.1) is 0 Å². The van der Waals surface area contributed by atoms with E-state index in [-0.39, 0.29) is 24.4 Å². The first kappa shape index (κ1) is 23.0. The maximum Gasteiger partial charge on any atom is 0.291 e. The molecule has 2 aromatic rings. The Morgan fingerprint density at radius 2 is 1.97 bits per heavy atom. The van der Waals surface area contributed by atoms with Crippen LogP contribution < -0.4 is 5.32 Å². The largest absolute Gasteiger partial charge is 0.348 e. The van der Waals surface area contributed by atoms with Crippen LogP contribution in [0.5, 0.6) is 0 Å². The van der Waals surface area contributed by atoms with E-state index in [9.17, 15) is 9.59 Å². The lowest BCUT2D eigenvalue weighted by molar-refractivity contribution is -0.134. The maximum atomic E-state index is 13.2. The van der Waals surface area contributed by atoms with Crippen molar-refractivity contribution in [1.82, 2.24) is 15.2 Å². The van der Waals surface area contributed by atoms with E-state index in [1.807, 2.05) is 42.5 Å². The normalized spacial score (nSPS) is 19.2. The Hall–Kier alpha value is -3.19. The summed E-state index contributed by atoms with van der Waals surface area (Å²) < 4.78 is 0.995. The highest BCUT2D eigenvalue weighted by molar-refractivity contribution is 9.10. The standard InChI is InChI=1S/C26H27BrN4O2/c1-3-6-20(18-9-12-21(27)13-10-18)15-24-26(33)31(28-17-30(24)2)16-25(32)29-23-14-11-19-7-4-5-8-22(19)23/h4-10,12-13,15,17,23H,3,11,14,16H2,1-2H3,(H,29,32)/b20-6-,24-15-/t23-/m0/s1. The van der Waals surface area contributed by atoms with Crippen LogP contribution in [0.1, 0.15) is 42.5 Å². The second kappa shape index (κ2) is 10.2. The number of fused-ring (bicyclic) bond motifs is 1. The van der Waals surface area contributed by atoms with Gasteiger partial charge in [-0.3, -0.25) is 9.59 Å². The van der Waals surface area contributed by atoms with E-state index in [4.69, 9.17) is 0 Å². The molecule has 2 aromatic carbocycles. The molecule has 1 N–H and O–H groups in total. The molecular formula is C26H27BrN4O2. The van der Waals surface area contributed by atoms with E-state index in [1.54, 1.807) is 18.3 Å². The van der Waals surface area contributed by atoms with Gasteiger partial charge in [-0.15, -0.1) is 0 Å². The number of rotatable bonds is 6. The molecular weight excluding hydrogens is 480 g/mol. The van der Waals surface area contributed by atoms with Crippen LogP contribution in [0.15, 0.2) is 76.0 Å². The second-order valence-electron chi connectivity index (χ2n) is 8.17. The highest BCUT2D eigenvalue weighted by Gasteiger charge is 2.29. The summed E-state index contributed by atoms with van der Waals surface area (Å²) in [4.78, 5) is 27.7. The topological polar surface area (TPSA) is 65.0 Å². The number of aryl methyl sites for hydroxylation is 1. The Morgan fingerprint density at radius 3 is 2.73 bits per heavy atom. The van der Waals surface area contributed by atoms with Crippen molar-refractivity contribution in [2.75, 3.05) is 13.6 Å². The summed E-state index contributed by atoms with van der Waals surface area (Å²) in [5.74, 6) is -0.524. The minimum absolute atomic E-state index is 0.0215. The van der Waals surface area contributed by atoms with Crippen molar-refractivity contribution in [2.45, 2.75) is 32.2 Å². The third-order valence-electron chi connectivity index (χ3n) is 5.85. The molecule has 0 saturated heterocycles. The number of amides is 2. The van der Waals surface area contributed by atoms with Crippen LogP contribution in [0.25, 0.3) is 5.57 Å². The van der Waals surface area contributed by atoms with Gasteiger partial charge in [-0.25, -0.2) is 5.01 Å². The summed E-state index contributed by atoms with van der Waals surface area (Å²) >= 11 is 3.46. The first-order chi connectivity index (χ1) is 16.0. The monoisotopic (exact) mass is 506 g/mol. The predicted octanol–water partition coefficient (Wildman–Crippen LogP) is 4.65. The smallest absolute Gasteiger partial charge is 0.291 e. The van der Waals surface area contributed by atoms with Gasteiger partial charge in [0, 0.05) is 11.5 Å². The summed E-state index contributed by atoms with van der Waals surface area (Å²) in [6.45, 7) is 1.94. The van der Waals surface area contributed by atoms with Gasteiger partial charge in [0.05, 0.1) is 6.04 Å². The molecule has 0 spiro atoms. The molecule has 0 saturated carbocycles. The molecule has 1 heterocycles. The van der Waals surface area contributed by atoms with Crippen molar-refractivity contribution < 1.29 is 9.59 Å². The molecule has 170 valence electrons. The Labute approximate surface area is 202 Å². The highest BCUT2D eigenvalue weighted by atomic mass is 79.9. The lowest BCUT2D eigenvalue weighted by Crippen LogP contribution is -2.44. The van der Waals surface area contributed by atoms with Gasteiger partial charge in [0.15, 0.2) is 0 Å². The average molecular weight is 507 g/mol. The summed E-state index contributed by atoms with van der Waals surface area (Å²) in [7, 11) is 1.78. The molecule has 33 heavy (non-hydrogen) atoms. The molecule has 7 heteroatoms. The van der Waals surface area contributed by atoms with Crippen LogP contribution in [-0.2, 0) is 16.0 Å². The van der Waals surface area contributed by atoms with Crippen molar-refractivity contribution in [2.24, 2.45) is 5.10 Å². The van der Waals surface area contributed by atoms with Crippen LogP contribution in [0.3, 0.4) is 0 Å². The molecule has 4 rings (SSSR count). The SMILES string of the molecule is CC/C=C(/C=C1/C(=O)N(CC(=O)N[C@H]2CCc3ccccc32)N=CN1C)c1ccc(Br)cc1. The van der Waals surface area contributed by atoms with Crippen molar-refractivity contribution in [3.05, 3.63) is 87.5 Å². The molecule has 6 nitrogen and oxygen atoms in total. The van der Waals surface area contributed by atoms with E-state index in [1.165, 1.54) is 10.6 Å². The molecule has 0 fully saturated rings. The number of carbonyl (C=O) groups is 2. The average Bonchev–Trinajstić information content (AvgIpc) is 3.21. The zero-order valence-electron chi connectivity index (χ0n) is 18.8. The summed E-state index contributed by atoms with van der Waals surface area (Å²) in [6.07, 6.45) is 8.15. The Balaban J connectivity index is 1.49. The quantitative estimate of drug-likeness (QED) is 0.580. The molecule has 2 aliphatic rings. The highest BCUT2D eigenvalue weighted by Crippen LogP contribution is 2.30. The third-order valence-corrected chi connectivity index (χ3v) is 6.38. The van der Waals surface area contributed by atoms with Crippen molar-refractivity contribution in [3.8, 4) is 0 Å². The van der Waals surface area contributed by atoms with Gasteiger partial charge in [-0.1, -0.05) is 65.3 Å². The molecule has 1 aliphatic heterocycles. The number of nitrogens with one attached hydrogen (secondary N) is 1. The van der Waals surface area contributed by atoms with Crippen LogP contribution >= 0.6 is 15.9 Å². The number of benzene rings is 2. The van der Waals surface area contributed by atoms with Crippen molar-refractivity contribution in [3.63, 3.8) is 0 Å². The Morgan fingerprint density at radius 1 is 1.21 bits per heavy atom. The molecule has 1 aliphatic carbocycles. The predicted molar refractivity (Wildman–Crippen MR) is 134 cm³/mol. The maximum absolute atomic E-state index is 13.2. The number of hydrogen-bond acceptors (Lipinski definition) is 4. The van der Waals surface area contributed by atoms with Gasteiger partial charge >= 0.3 is 0 Å². The number of hydrogen-bond donors (Lipinski definition) is 1. The van der Waals surface area contributed by atoms with Gasteiger partial charge in [0.2, 0.25) is 5.91 Å². The number of hydrazone groups is 1. The molecule has 0 radical (unpaired) electrons. The summed E-state index contributed by atoms with van der Waals surface area (Å²) in [5, 5.41) is 8.49. The zero-order chi connectivity index (χ0) is 23.4. The summed E-state index contributed by atoms with van der Waals surface area (Å²) in [5.41, 5.74) is 4.85. The fourth-order valence-electron chi connectivity index (χ4n) is 4.17. The van der Waals surface area contributed by atoms with Crippen molar-refractivity contribution >= 4 is 39.7 Å². The molecule has 0 bridgehead atoms. The van der Waals surface area contributed by atoms with E-state index < -0.39 is 0 Å². The first-order valence-electron chi connectivity index (χ1n) is 11.1. The fourth-order valence-corrected chi connectivity index (χ4v) is 4.43. The molecule has 2 amide bonds. The summed E-state index contributed by atoms with van der Waals surface area (Å²) in [6, 6.07) is 16.1. The number of allylic oxidation sites excluding steroid dienone is 3. The van der Waals surface area contributed by atoms with Crippen molar-refractivity contribution in [1.29, 1.82) is 0 Å². The van der Waals surface area contributed by atoms with Crippen LogP contribution in [-0.4, -0.2) is 41.7 Å². The second-order valence-corrected chi connectivity index (χ2v) is 9.08. The number of halogens is 1. The zero-order valence-corrected chi connectivity index (χ0v) is 20.4. The number of likely N-dealkylation sites (N-methyl/N-ethyl adjacent to an activating group) is 1. The molecule has 0 aromatic heterocycles. The minimum atomic E-state index is -0.305. The number of carbonyl (C=O) groups excluding carboxylic acids is 2. The van der Waals surface area contributed by atoms with Gasteiger partial charge in [-0.2, -0.15) is 5.10 Å². The van der Waals surface area contributed by atoms with Crippen LogP contribution in [0.2, 0.25) is 0 Å². The lowest BCUT2D eigenvalue weighted by atomic mass is 10.0.